The Balaban J connectivity index is 2.51. The quantitative estimate of drug-likeness (QED) is 0.866. The summed E-state index contributed by atoms with van der Waals surface area (Å²) in [4.78, 5) is 0. The van der Waals surface area contributed by atoms with Crippen LogP contribution in [0.2, 0.25) is 5.02 Å². The Morgan fingerprint density at radius 2 is 2.06 bits per heavy atom. The molecule has 6 heteroatoms. The van der Waals surface area contributed by atoms with E-state index in [2.05, 4.69) is 37.0 Å². The van der Waals surface area contributed by atoms with Crippen molar-refractivity contribution in [1.29, 1.82) is 0 Å². The fourth-order valence-corrected chi connectivity index (χ4v) is 2.90. The molecule has 1 atom stereocenters. The molecule has 0 bridgehead atoms. The maximum atomic E-state index is 6.24. The van der Waals surface area contributed by atoms with Crippen molar-refractivity contribution in [1.82, 2.24) is 9.78 Å². The van der Waals surface area contributed by atoms with E-state index in [4.69, 9.17) is 17.3 Å². The minimum Gasteiger partial charge on any atom is -0.319 e. The van der Waals surface area contributed by atoms with E-state index in [-0.39, 0.29) is 6.04 Å². The van der Waals surface area contributed by atoms with E-state index in [1.807, 2.05) is 25.2 Å². The second-order valence-corrected chi connectivity index (χ2v) is 5.71. The third-order valence-corrected chi connectivity index (χ3v) is 4.47. The van der Waals surface area contributed by atoms with E-state index < -0.39 is 0 Å². The highest BCUT2D eigenvalue weighted by Gasteiger charge is 2.19. The molecule has 0 saturated heterocycles. The Bertz CT molecular complexity index is 534. The van der Waals surface area contributed by atoms with Crippen LogP contribution in [0.5, 0.6) is 0 Å². The molecule has 2 rings (SSSR count). The number of aryl methyl sites for hydroxylation is 1. The fourth-order valence-electron chi connectivity index (χ4n) is 1.68. The summed E-state index contributed by atoms with van der Waals surface area (Å²) in [5.74, 6) is 0. The molecule has 1 aromatic heterocycles. The minimum absolute atomic E-state index is 0.318. The number of nitrogens with two attached hydrogens (primary N) is 1. The molecule has 2 aromatic rings. The molecule has 1 heterocycles. The van der Waals surface area contributed by atoms with Crippen LogP contribution in [-0.2, 0) is 7.05 Å². The van der Waals surface area contributed by atoms with E-state index in [0.717, 1.165) is 20.2 Å². The van der Waals surface area contributed by atoms with Crippen molar-refractivity contribution in [2.75, 3.05) is 0 Å². The van der Waals surface area contributed by atoms with Crippen molar-refractivity contribution in [3.05, 3.63) is 49.6 Å². The summed E-state index contributed by atoms with van der Waals surface area (Å²) in [6.45, 7) is 0. The van der Waals surface area contributed by atoms with Gasteiger partial charge >= 0.3 is 0 Å². The van der Waals surface area contributed by atoms with Crippen molar-refractivity contribution < 1.29 is 0 Å². The second kappa shape index (κ2) is 5.10. The van der Waals surface area contributed by atoms with Gasteiger partial charge in [0, 0.05) is 11.5 Å². The molecule has 1 unspecified atom stereocenters. The zero-order valence-corrected chi connectivity index (χ0v) is 12.9. The lowest BCUT2D eigenvalue weighted by molar-refractivity contribution is 0.671. The molecule has 2 N–H and O–H groups in total. The molecule has 90 valence electrons. The summed E-state index contributed by atoms with van der Waals surface area (Å²) in [5.41, 5.74) is 8.00. The highest BCUT2D eigenvalue weighted by atomic mass is 79.9. The predicted molar refractivity (Wildman–Crippen MR) is 76.1 cm³/mol. The largest absolute Gasteiger partial charge is 0.319 e. The lowest BCUT2D eigenvalue weighted by Crippen LogP contribution is -2.17. The van der Waals surface area contributed by atoms with Crippen molar-refractivity contribution in [3.8, 4) is 0 Å². The lowest BCUT2D eigenvalue weighted by atomic mass is 10.0. The topological polar surface area (TPSA) is 43.8 Å². The van der Waals surface area contributed by atoms with E-state index in [1.165, 1.54) is 0 Å². The van der Waals surface area contributed by atoms with Gasteiger partial charge in [-0.25, -0.2) is 0 Å². The van der Waals surface area contributed by atoms with Gasteiger partial charge in [-0.3, -0.25) is 4.68 Å². The van der Waals surface area contributed by atoms with Crippen molar-refractivity contribution in [2.24, 2.45) is 12.8 Å². The molecule has 0 aliphatic heterocycles. The van der Waals surface area contributed by atoms with Crippen LogP contribution in [0, 0.1) is 0 Å². The van der Waals surface area contributed by atoms with Crippen molar-refractivity contribution in [2.45, 2.75) is 6.04 Å². The first-order valence-corrected chi connectivity index (χ1v) is 6.85. The highest BCUT2D eigenvalue weighted by Crippen LogP contribution is 2.34. The van der Waals surface area contributed by atoms with Gasteiger partial charge in [-0.05, 0) is 43.5 Å². The van der Waals surface area contributed by atoms with Crippen LogP contribution in [0.15, 0.2) is 33.3 Å². The molecule has 0 fully saturated rings. The summed E-state index contributed by atoms with van der Waals surface area (Å²) in [7, 11) is 1.85. The normalized spacial score (nSPS) is 12.8. The predicted octanol–water partition coefficient (Wildman–Crippen LogP) is 3.65. The van der Waals surface area contributed by atoms with Gasteiger partial charge in [-0.2, -0.15) is 5.10 Å². The molecule has 0 aliphatic carbocycles. The molecular formula is C11H10Br2ClN3. The molecule has 1 aromatic carbocycles. The number of hydrogen-bond donors (Lipinski definition) is 1. The third kappa shape index (κ3) is 2.42. The number of nitrogens with zero attached hydrogens (tertiary/aromatic N) is 2. The van der Waals surface area contributed by atoms with Gasteiger partial charge in [0.05, 0.1) is 27.4 Å². The first kappa shape index (κ1) is 13.1. The summed E-state index contributed by atoms with van der Waals surface area (Å²) in [5, 5.41) is 4.78. The minimum atomic E-state index is -0.318. The van der Waals surface area contributed by atoms with Gasteiger partial charge in [0.15, 0.2) is 0 Å². The Morgan fingerprint density at radius 1 is 1.35 bits per heavy atom. The number of aromatic nitrogens is 2. The van der Waals surface area contributed by atoms with Gasteiger partial charge in [0.2, 0.25) is 0 Å². The Kier molecular flexibility index (Phi) is 3.92. The first-order valence-electron chi connectivity index (χ1n) is 4.89. The van der Waals surface area contributed by atoms with Crippen LogP contribution in [0.4, 0.5) is 0 Å². The van der Waals surface area contributed by atoms with Crippen LogP contribution in [0.1, 0.15) is 17.3 Å². The zero-order chi connectivity index (χ0) is 12.6. The lowest BCUT2D eigenvalue weighted by Gasteiger charge is -2.15. The van der Waals surface area contributed by atoms with Crippen molar-refractivity contribution in [3.63, 3.8) is 0 Å². The van der Waals surface area contributed by atoms with Gasteiger partial charge < -0.3 is 5.73 Å². The zero-order valence-electron chi connectivity index (χ0n) is 8.99. The average molecular weight is 379 g/mol. The number of hydrogen-bond acceptors (Lipinski definition) is 2. The van der Waals surface area contributed by atoms with Gasteiger partial charge in [0.1, 0.15) is 0 Å². The van der Waals surface area contributed by atoms with Gasteiger partial charge in [-0.1, -0.05) is 23.7 Å². The highest BCUT2D eigenvalue weighted by molar-refractivity contribution is 9.10. The van der Waals surface area contributed by atoms with Crippen molar-refractivity contribution >= 4 is 43.5 Å². The van der Waals surface area contributed by atoms with Crippen LogP contribution < -0.4 is 5.73 Å². The molecule has 0 amide bonds. The Morgan fingerprint density at radius 3 is 2.65 bits per heavy atom. The van der Waals surface area contributed by atoms with Gasteiger partial charge in [0.25, 0.3) is 0 Å². The molecule has 0 spiro atoms. The molecule has 0 aliphatic rings. The van der Waals surface area contributed by atoms with Gasteiger partial charge in [-0.15, -0.1) is 0 Å². The Hall–Kier alpha value is -0.360. The Labute approximate surface area is 121 Å². The van der Waals surface area contributed by atoms with Crippen LogP contribution in [0.3, 0.4) is 0 Å². The summed E-state index contributed by atoms with van der Waals surface area (Å²) < 4.78 is 3.46. The summed E-state index contributed by atoms with van der Waals surface area (Å²) in [6.07, 6.45) is 1.72. The second-order valence-electron chi connectivity index (χ2n) is 3.62. The number of halogens is 3. The summed E-state index contributed by atoms with van der Waals surface area (Å²) in [6, 6.07) is 5.39. The number of benzene rings is 1. The van der Waals surface area contributed by atoms with E-state index in [0.29, 0.717) is 5.02 Å². The van der Waals surface area contributed by atoms with Crippen LogP contribution >= 0.6 is 43.5 Å². The van der Waals surface area contributed by atoms with Crippen LogP contribution in [-0.4, -0.2) is 9.78 Å². The first-order chi connectivity index (χ1) is 8.02. The molecule has 0 saturated carbocycles. The SMILES string of the molecule is Cn1ncc(Br)c1C(N)c1cccc(Br)c1Cl. The maximum Gasteiger partial charge on any atom is 0.0749 e. The fraction of sp³-hybridized carbons (Fsp3) is 0.182. The van der Waals surface area contributed by atoms with E-state index in [1.54, 1.807) is 10.9 Å². The smallest absolute Gasteiger partial charge is 0.0749 e. The average Bonchev–Trinajstić information content (AvgIpc) is 2.62. The standard InChI is InChI=1S/C11H10Br2ClN3/c1-17-11(8(13)5-16-17)10(15)6-3-2-4-7(12)9(6)14/h2-5,10H,15H2,1H3. The molecule has 17 heavy (non-hydrogen) atoms. The molecule has 3 nitrogen and oxygen atoms in total. The maximum absolute atomic E-state index is 6.24. The summed E-state index contributed by atoms with van der Waals surface area (Å²) >= 11 is 13.1. The van der Waals surface area contributed by atoms with E-state index in [9.17, 15) is 0 Å². The monoisotopic (exact) mass is 377 g/mol. The molecule has 0 radical (unpaired) electrons. The van der Waals surface area contributed by atoms with Crippen LogP contribution in [0.25, 0.3) is 0 Å². The van der Waals surface area contributed by atoms with E-state index >= 15 is 0 Å². The molecular weight excluding hydrogens is 369 g/mol. The third-order valence-electron chi connectivity index (χ3n) is 2.55. The number of rotatable bonds is 2.